The van der Waals surface area contributed by atoms with Gasteiger partial charge in [0, 0.05) is 18.6 Å². The molecule has 4 heterocycles. The molecular formula is C15H20N2O4. The zero-order valence-electron chi connectivity index (χ0n) is 12.2. The van der Waals surface area contributed by atoms with Gasteiger partial charge in [0.25, 0.3) is 0 Å². The van der Waals surface area contributed by atoms with E-state index in [-0.39, 0.29) is 36.0 Å². The van der Waals surface area contributed by atoms with Gasteiger partial charge in [-0.1, -0.05) is 0 Å². The number of esters is 1. The molecule has 1 amide bonds. The summed E-state index contributed by atoms with van der Waals surface area (Å²) in [6.45, 7) is 4.06. The third-order valence-electron chi connectivity index (χ3n) is 5.30. The van der Waals surface area contributed by atoms with Crippen molar-refractivity contribution in [2.75, 3.05) is 26.4 Å². The van der Waals surface area contributed by atoms with Crippen LogP contribution in [-0.4, -0.2) is 55.2 Å². The molecule has 0 aromatic heterocycles. The Hall–Kier alpha value is -1.40. The van der Waals surface area contributed by atoms with E-state index in [0.29, 0.717) is 25.3 Å². The summed E-state index contributed by atoms with van der Waals surface area (Å²) in [5, 5.41) is 3.54. The first-order valence-electron chi connectivity index (χ1n) is 7.62. The molecule has 0 radical (unpaired) electrons. The Balaban J connectivity index is 1.60. The highest BCUT2D eigenvalue weighted by Gasteiger charge is 2.53. The number of carbonyl (C=O) groups is 2. The fourth-order valence-corrected chi connectivity index (χ4v) is 4.25. The third kappa shape index (κ3) is 1.92. The number of ether oxygens (including phenoxy) is 2. The number of hydrogen-bond donors (Lipinski definition) is 1. The van der Waals surface area contributed by atoms with E-state index < -0.39 is 0 Å². The average molecular weight is 292 g/mol. The summed E-state index contributed by atoms with van der Waals surface area (Å²) in [6, 6.07) is 0.552. The molecule has 4 rings (SSSR count). The van der Waals surface area contributed by atoms with Gasteiger partial charge in [0.1, 0.15) is 6.61 Å². The molecule has 114 valence electrons. The first-order valence-corrected chi connectivity index (χ1v) is 7.62. The molecule has 4 aliphatic rings. The number of morpholine rings is 1. The Kier molecular flexibility index (Phi) is 2.87. The van der Waals surface area contributed by atoms with Crippen LogP contribution in [0.4, 0.5) is 0 Å². The van der Waals surface area contributed by atoms with Crippen LogP contribution in [0.25, 0.3) is 0 Å². The van der Waals surface area contributed by atoms with Gasteiger partial charge in [-0.3, -0.25) is 4.79 Å². The largest absolute Gasteiger partial charge is 0.456 e. The van der Waals surface area contributed by atoms with Crippen LogP contribution in [-0.2, 0) is 19.1 Å². The Morgan fingerprint density at radius 1 is 1.24 bits per heavy atom. The molecule has 3 atom stereocenters. The molecule has 0 aromatic carbocycles. The van der Waals surface area contributed by atoms with Gasteiger partial charge in [0.15, 0.2) is 0 Å². The Morgan fingerprint density at radius 3 is 2.57 bits per heavy atom. The molecule has 3 fully saturated rings. The van der Waals surface area contributed by atoms with Gasteiger partial charge in [-0.25, -0.2) is 4.79 Å². The average Bonchev–Trinajstić information content (AvgIpc) is 2.93. The van der Waals surface area contributed by atoms with Crippen LogP contribution in [0.3, 0.4) is 0 Å². The van der Waals surface area contributed by atoms with Gasteiger partial charge < -0.3 is 19.7 Å². The number of nitrogens with zero attached hydrogens (tertiary/aromatic N) is 1. The van der Waals surface area contributed by atoms with Crippen molar-refractivity contribution in [3.05, 3.63) is 11.3 Å². The van der Waals surface area contributed by atoms with Gasteiger partial charge >= 0.3 is 5.97 Å². The zero-order valence-corrected chi connectivity index (χ0v) is 12.2. The van der Waals surface area contributed by atoms with E-state index >= 15 is 0 Å². The summed E-state index contributed by atoms with van der Waals surface area (Å²) in [6.07, 6.45) is 2.53. The minimum absolute atomic E-state index is 0.175. The molecule has 0 aromatic rings. The van der Waals surface area contributed by atoms with E-state index in [2.05, 4.69) is 5.32 Å². The molecule has 0 saturated carbocycles. The SMILES string of the molecule is CC1=C(N2CC[C@@]3(C[C@H]4COC[C@@H](C3)N4)C2=O)COC1=O. The maximum absolute atomic E-state index is 13.0. The molecule has 0 unspecified atom stereocenters. The summed E-state index contributed by atoms with van der Waals surface area (Å²) in [7, 11) is 0. The first kappa shape index (κ1) is 13.3. The van der Waals surface area contributed by atoms with E-state index in [1.54, 1.807) is 11.8 Å². The number of hydrogen-bond acceptors (Lipinski definition) is 5. The van der Waals surface area contributed by atoms with Crippen molar-refractivity contribution in [2.24, 2.45) is 5.41 Å². The molecule has 1 spiro atoms. The van der Waals surface area contributed by atoms with Crippen molar-refractivity contribution in [1.82, 2.24) is 10.2 Å². The second-order valence-corrected chi connectivity index (χ2v) is 6.64. The summed E-state index contributed by atoms with van der Waals surface area (Å²) < 4.78 is 10.6. The van der Waals surface area contributed by atoms with Crippen molar-refractivity contribution >= 4 is 11.9 Å². The fourth-order valence-electron chi connectivity index (χ4n) is 4.25. The summed E-state index contributed by atoms with van der Waals surface area (Å²) in [5.74, 6) is -0.122. The Labute approximate surface area is 123 Å². The molecule has 6 heteroatoms. The number of likely N-dealkylation sites (tertiary alicyclic amines) is 1. The van der Waals surface area contributed by atoms with Crippen LogP contribution in [0.1, 0.15) is 26.2 Å². The quantitative estimate of drug-likeness (QED) is 0.699. The van der Waals surface area contributed by atoms with Gasteiger partial charge in [-0.15, -0.1) is 0 Å². The highest BCUT2D eigenvalue weighted by Crippen LogP contribution is 2.46. The van der Waals surface area contributed by atoms with Crippen LogP contribution < -0.4 is 5.32 Å². The number of nitrogens with one attached hydrogen (secondary N) is 1. The van der Waals surface area contributed by atoms with Crippen LogP contribution in [0.2, 0.25) is 0 Å². The molecule has 1 N–H and O–H groups in total. The number of rotatable bonds is 1. The summed E-state index contributed by atoms with van der Waals surface area (Å²) in [5.41, 5.74) is 1.07. The fraction of sp³-hybridized carbons (Fsp3) is 0.733. The monoisotopic (exact) mass is 292 g/mol. The van der Waals surface area contributed by atoms with E-state index in [4.69, 9.17) is 9.47 Å². The third-order valence-corrected chi connectivity index (χ3v) is 5.30. The molecule has 3 saturated heterocycles. The van der Waals surface area contributed by atoms with Gasteiger partial charge in [-0.2, -0.15) is 0 Å². The summed E-state index contributed by atoms with van der Waals surface area (Å²) >= 11 is 0. The highest BCUT2D eigenvalue weighted by molar-refractivity contribution is 5.94. The smallest absolute Gasteiger partial charge is 0.336 e. The lowest BCUT2D eigenvalue weighted by atomic mass is 9.71. The highest BCUT2D eigenvalue weighted by atomic mass is 16.5. The lowest BCUT2D eigenvalue weighted by Gasteiger charge is -2.44. The lowest BCUT2D eigenvalue weighted by molar-refractivity contribution is -0.140. The second-order valence-electron chi connectivity index (χ2n) is 6.64. The van der Waals surface area contributed by atoms with Gasteiger partial charge in [0.2, 0.25) is 5.91 Å². The van der Waals surface area contributed by atoms with Crippen LogP contribution >= 0.6 is 0 Å². The molecule has 6 nitrogen and oxygen atoms in total. The van der Waals surface area contributed by atoms with Crippen LogP contribution in [0, 0.1) is 5.41 Å². The van der Waals surface area contributed by atoms with Crippen molar-refractivity contribution in [1.29, 1.82) is 0 Å². The van der Waals surface area contributed by atoms with E-state index in [1.807, 2.05) is 0 Å². The van der Waals surface area contributed by atoms with Crippen molar-refractivity contribution in [3.63, 3.8) is 0 Å². The molecular weight excluding hydrogens is 272 g/mol. The summed E-state index contributed by atoms with van der Waals surface area (Å²) in [4.78, 5) is 26.3. The van der Waals surface area contributed by atoms with Crippen LogP contribution in [0.5, 0.6) is 0 Å². The molecule has 4 aliphatic heterocycles. The van der Waals surface area contributed by atoms with E-state index in [0.717, 1.165) is 25.0 Å². The Bertz CT molecular complexity index is 530. The number of amides is 1. The lowest BCUT2D eigenvalue weighted by Crippen LogP contribution is -2.59. The van der Waals surface area contributed by atoms with Crippen molar-refractivity contribution in [3.8, 4) is 0 Å². The molecule has 0 aliphatic carbocycles. The van der Waals surface area contributed by atoms with Crippen molar-refractivity contribution in [2.45, 2.75) is 38.3 Å². The minimum atomic E-state index is -0.297. The number of piperidine rings is 1. The predicted molar refractivity (Wildman–Crippen MR) is 73.2 cm³/mol. The predicted octanol–water partition coefficient (Wildman–Crippen LogP) is 0.187. The van der Waals surface area contributed by atoms with Gasteiger partial charge in [0.05, 0.1) is 29.9 Å². The maximum Gasteiger partial charge on any atom is 0.336 e. The first-order chi connectivity index (χ1) is 10.1. The van der Waals surface area contributed by atoms with Crippen LogP contribution in [0.15, 0.2) is 11.3 Å². The maximum atomic E-state index is 13.0. The van der Waals surface area contributed by atoms with E-state index in [1.165, 1.54) is 0 Å². The van der Waals surface area contributed by atoms with E-state index in [9.17, 15) is 9.59 Å². The number of fused-ring (bicyclic) bond motifs is 2. The normalized spacial score (nSPS) is 39.4. The second kappa shape index (κ2) is 4.55. The Morgan fingerprint density at radius 2 is 1.95 bits per heavy atom. The molecule has 21 heavy (non-hydrogen) atoms. The number of cyclic esters (lactones) is 1. The minimum Gasteiger partial charge on any atom is -0.456 e. The standard InChI is InChI=1S/C15H20N2O4/c1-9-12(8-21-13(9)18)17-3-2-15(14(17)19)4-10-6-20-7-11(5-15)16-10/h10-11,16H,2-8H2,1H3/t10-,11+,15-. The molecule has 2 bridgehead atoms. The van der Waals surface area contributed by atoms with Crippen molar-refractivity contribution < 1.29 is 19.1 Å². The topological polar surface area (TPSA) is 67.9 Å². The number of carbonyl (C=O) groups excluding carboxylic acids is 2. The zero-order chi connectivity index (χ0) is 14.6. The van der Waals surface area contributed by atoms with Gasteiger partial charge in [-0.05, 0) is 26.2 Å².